The molecule has 0 spiro atoms. The lowest BCUT2D eigenvalue weighted by Crippen LogP contribution is -2.06. The van der Waals surface area contributed by atoms with E-state index in [1.54, 1.807) is 12.1 Å². The van der Waals surface area contributed by atoms with Gasteiger partial charge in [0.2, 0.25) is 10.9 Å². The molecule has 1 aromatic carbocycles. The minimum absolute atomic E-state index is 0.0820. The molecular formula is C11H6N4O3S2. The van der Waals surface area contributed by atoms with E-state index in [0.717, 1.165) is 22.4 Å². The van der Waals surface area contributed by atoms with Crippen LogP contribution in [-0.2, 0) is 0 Å². The number of anilines is 1. The Labute approximate surface area is 120 Å². The van der Waals surface area contributed by atoms with Gasteiger partial charge in [0, 0.05) is 10.5 Å². The third-order valence-corrected chi connectivity index (χ3v) is 4.36. The van der Waals surface area contributed by atoms with E-state index in [2.05, 4.69) is 15.5 Å². The van der Waals surface area contributed by atoms with Crippen LogP contribution in [0.2, 0.25) is 0 Å². The Balaban J connectivity index is 1.78. The maximum Gasteiger partial charge on any atom is 0.345 e. The molecule has 1 aromatic heterocycles. The Hall–Kier alpha value is -2.26. The molecule has 0 saturated carbocycles. The van der Waals surface area contributed by atoms with Crippen molar-refractivity contribution in [2.75, 3.05) is 5.43 Å². The van der Waals surface area contributed by atoms with Gasteiger partial charge in [-0.25, -0.2) is 4.98 Å². The molecule has 7 nitrogen and oxygen atoms in total. The molecule has 0 bridgehead atoms. The predicted molar refractivity (Wildman–Crippen MR) is 76.5 cm³/mol. The molecular weight excluding hydrogens is 300 g/mol. The van der Waals surface area contributed by atoms with Crippen LogP contribution in [0.15, 0.2) is 40.5 Å². The Morgan fingerprint density at radius 3 is 2.85 bits per heavy atom. The quantitative estimate of drug-likeness (QED) is 0.691. The summed E-state index contributed by atoms with van der Waals surface area (Å²) in [6, 6.07) is 7.22. The normalized spacial score (nSPS) is 15.4. The van der Waals surface area contributed by atoms with Gasteiger partial charge in [-0.3, -0.25) is 20.3 Å². The van der Waals surface area contributed by atoms with E-state index in [0.29, 0.717) is 10.6 Å². The summed E-state index contributed by atoms with van der Waals surface area (Å²) in [7, 11) is 0. The van der Waals surface area contributed by atoms with Crippen molar-refractivity contribution in [1.82, 2.24) is 4.98 Å². The Kier molecular flexibility index (Phi) is 3.20. The molecule has 1 aliphatic rings. The molecule has 1 aliphatic heterocycles. The molecule has 3 rings (SSSR count). The van der Waals surface area contributed by atoms with Crippen LogP contribution in [0.3, 0.4) is 0 Å². The van der Waals surface area contributed by atoms with Crippen molar-refractivity contribution in [2.45, 2.75) is 4.90 Å². The van der Waals surface area contributed by atoms with Crippen molar-refractivity contribution < 1.29 is 9.72 Å². The summed E-state index contributed by atoms with van der Waals surface area (Å²) < 4.78 is 0. The van der Waals surface area contributed by atoms with Gasteiger partial charge in [-0.2, -0.15) is 5.10 Å². The third-order valence-electron chi connectivity index (χ3n) is 2.46. The molecule has 0 fully saturated rings. The molecule has 20 heavy (non-hydrogen) atoms. The number of carbonyl (C=O) groups excluding carboxylic acids is 1. The van der Waals surface area contributed by atoms with E-state index in [4.69, 9.17) is 0 Å². The zero-order chi connectivity index (χ0) is 14.1. The van der Waals surface area contributed by atoms with Crippen LogP contribution in [0.1, 0.15) is 10.4 Å². The maximum absolute atomic E-state index is 12.0. The number of nitrogens with one attached hydrogen (secondary N) is 1. The molecule has 0 saturated heterocycles. The lowest BCUT2D eigenvalue weighted by Gasteiger charge is -1.94. The highest BCUT2D eigenvalue weighted by atomic mass is 32.2. The molecule has 0 aliphatic carbocycles. The van der Waals surface area contributed by atoms with Crippen molar-refractivity contribution in [3.63, 3.8) is 0 Å². The van der Waals surface area contributed by atoms with Crippen molar-refractivity contribution >= 4 is 44.1 Å². The number of nitro groups is 1. The number of hydrogen-bond acceptors (Lipinski definition) is 8. The van der Waals surface area contributed by atoms with Crippen molar-refractivity contribution in [3.8, 4) is 0 Å². The highest BCUT2D eigenvalue weighted by Crippen LogP contribution is 2.33. The SMILES string of the molecule is O=C1/C(=N/Nc2ncc([N+](=O)[O-])s2)Sc2ccccc21. The standard InChI is InChI=1S/C11H6N4O3S2/c16-9-6-3-1-2-4-7(6)19-10(9)13-14-11-12-5-8(20-11)15(17)18/h1-5H,(H,12,14)/b13-10-. The van der Waals surface area contributed by atoms with Crippen molar-refractivity contribution in [2.24, 2.45) is 5.10 Å². The monoisotopic (exact) mass is 306 g/mol. The summed E-state index contributed by atoms with van der Waals surface area (Å²) in [5.74, 6) is -0.163. The van der Waals surface area contributed by atoms with Crippen LogP contribution in [0.25, 0.3) is 0 Å². The fourth-order valence-electron chi connectivity index (χ4n) is 1.58. The molecule has 1 N–H and O–H groups in total. The van der Waals surface area contributed by atoms with Gasteiger partial charge in [0.05, 0.1) is 4.92 Å². The summed E-state index contributed by atoms with van der Waals surface area (Å²) in [5, 5.41) is 15.0. The van der Waals surface area contributed by atoms with Crippen molar-refractivity contribution in [3.05, 3.63) is 46.1 Å². The number of hydrogen-bond donors (Lipinski definition) is 1. The van der Waals surface area contributed by atoms with Gasteiger partial charge in [0.15, 0.2) is 5.04 Å². The number of hydrazone groups is 1. The van der Waals surface area contributed by atoms with Crippen LogP contribution in [0.4, 0.5) is 10.1 Å². The fraction of sp³-hybridized carbons (Fsp3) is 0. The average molecular weight is 306 g/mol. The van der Waals surface area contributed by atoms with Crippen LogP contribution >= 0.6 is 23.1 Å². The number of rotatable bonds is 3. The topological polar surface area (TPSA) is 97.5 Å². The lowest BCUT2D eigenvalue weighted by atomic mass is 10.1. The number of carbonyl (C=O) groups is 1. The number of fused-ring (bicyclic) bond motifs is 1. The Morgan fingerprint density at radius 2 is 2.15 bits per heavy atom. The number of thioether (sulfide) groups is 1. The second-order valence-corrected chi connectivity index (χ2v) is 5.76. The minimum atomic E-state index is -0.526. The first kappa shape index (κ1) is 12.8. The van der Waals surface area contributed by atoms with E-state index in [1.165, 1.54) is 11.8 Å². The molecule has 0 unspecified atom stereocenters. The van der Waals surface area contributed by atoms with E-state index >= 15 is 0 Å². The molecule has 2 heterocycles. The summed E-state index contributed by atoms with van der Waals surface area (Å²) in [6.07, 6.45) is 1.14. The fourth-order valence-corrected chi connectivity index (χ4v) is 3.08. The smallest absolute Gasteiger partial charge is 0.286 e. The number of ketones is 1. The van der Waals surface area contributed by atoms with Crippen LogP contribution < -0.4 is 5.43 Å². The first-order valence-corrected chi connectivity index (χ1v) is 7.04. The number of nitrogens with zero attached hydrogens (tertiary/aromatic N) is 3. The molecule has 100 valence electrons. The van der Waals surface area contributed by atoms with Crippen LogP contribution in [0.5, 0.6) is 0 Å². The number of aromatic nitrogens is 1. The number of thiazole rings is 1. The highest BCUT2D eigenvalue weighted by Gasteiger charge is 2.27. The van der Waals surface area contributed by atoms with E-state index < -0.39 is 4.92 Å². The zero-order valence-corrected chi connectivity index (χ0v) is 11.4. The summed E-state index contributed by atoms with van der Waals surface area (Å²) in [5.41, 5.74) is 3.19. The van der Waals surface area contributed by atoms with Gasteiger partial charge < -0.3 is 0 Å². The molecule has 0 amide bonds. The first-order valence-electron chi connectivity index (χ1n) is 5.40. The van der Waals surface area contributed by atoms with E-state index in [1.807, 2.05) is 12.1 Å². The second-order valence-electron chi connectivity index (χ2n) is 3.72. The number of Topliss-reactive ketones (excluding diaryl/α,β-unsaturated/α-hetero) is 1. The van der Waals surface area contributed by atoms with Gasteiger partial charge in [-0.1, -0.05) is 23.9 Å². The van der Waals surface area contributed by atoms with Gasteiger partial charge in [-0.05, 0) is 23.5 Å². The van der Waals surface area contributed by atoms with E-state index in [-0.39, 0.29) is 15.9 Å². The maximum atomic E-state index is 12.0. The van der Waals surface area contributed by atoms with Crippen molar-refractivity contribution in [1.29, 1.82) is 0 Å². The van der Waals surface area contributed by atoms with E-state index in [9.17, 15) is 14.9 Å². The summed E-state index contributed by atoms with van der Waals surface area (Å²) in [4.78, 5) is 26.7. The summed E-state index contributed by atoms with van der Waals surface area (Å²) in [6.45, 7) is 0. The Morgan fingerprint density at radius 1 is 1.35 bits per heavy atom. The molecule has 9 heteroatoms. The molecule has 2 aromatic rings. The van der Waals surface area contributed by atoms with Crippen LogP contribution in [-0.4, -0.2) is 20.7 Å². The average Bonchev–Trinajstić information content (AvgIpc) is 3.03. The first-order chi connectivity index (χ1) is 9.65. The van der Waals surface area contributed by atoms with Gasteiger partial charge in [0.1, 0.15) is 6.20 Å². The van der Waals surface area contributed by atoms with Gasteiger partial charge in [0.25, 0.3) is 0 Å². The Bertz CT molecular complexity index is 741. The second kappa shape index (κ2) is 5.02. The molecule has 0 radical (unpaired) electrons. The highest BCUT2D eigenvalue weighted by molar-refractivity contribution is 8.16. The van der Waals surface area contributed by atoms with Gasteiger partial charge >= 0.3 is 5.00 Å². The minimum Gasteiger partial charge on any atom is -0.286 e. The lowest BCUT2D eigenvalue weighted by molar-refractivity contribution is -0.380. The predicted octanol–water partition coefficient (Wildman–Crippen LogP) is 2.77. The molecule has 0 atom stereocenters. The zero-order valence-electron chi connectivity index (χ0n) is 9.77. The van der Waals surface area contributed by atoms with Crippen LogP contribution in [0, 0.1) is 10.1 Å². The summed E-state index contributed by atoms with van der Waals surface area (Å²) >= 11 is 2.12. The number of benzene rings is 1. The largest absolute Gasteiger partial charge is 0.345 e. The van der Waals surface area contributed by atoms with Gasteiger partial charge in [-0.15, -0.1) is 0 Å². The third kappa shape index (κ3) is 2.28.